The Morgan fingerprint density at radius 3 is 2.17 bits per heavy atom. The van der Waals surface area contributed by atoms with Crippen LogP contribution >= 0.6 is 0 Å². The average Bonchev–Trinajstić information content (AvgIpc) is 3.89. The molecule has 0 aliphatic rings. The van der Waals surface area contributed by atoms with E-state index in [1.807, 2.05) is 62.5 Å². The second-order valence-corrected chi connectivity index (χ2v) is 22.9. The molecule has 9 rings (SSSR count). The van der Waals surface area contributed by atoms with Gasteiger partial charge in [-0.1, -0.05) is 146 Å². The number of nitrogens with zero attached hydrogens (tertiary/aromatic N) is 4. The number of para-hydroxylation sites is 1. The molecule has 0 N–H and O–H groups in total. The summed E-state index contributed by atoms with van der Waals surface area (Å²) in [5.74, 6) is 0.850. The van der Waals surface area contributed by atoms with Crippen LogP contribution in [0.5, 0.6) is 0 Å². The Hall–Kier alpha value is -5.46. The van der Waals surface area contributed by atoms with Crippen molar-refractivity contribution >= 4 is 46.2 Å². The third-order valence-electron chi connectivity index (χ3n) is 11.1. The van der Waals surface area contributed by atoms with Gasteiger partial charge >= 0.3 is 0 Å². The predicted octanol–water partition coefficient (Wildman–Crippen LogP) is 14.6. The van der Waals surface area contributed by atoms with Gasteiger partial charge < -0.3 is 14.0 Å². The summed E-state index contributed by atoms with van der Waals surface area (Å²) in [7, 11) is -1.78. The van der Waals surface area contributed by atoms with Crippen LogP contribution in [0.25, 0.3) is 72.4 Å². The van der Waals surface area contributed by atoms with Crippen LogP contribution in [-0.4, -0.2) is 27.6 Å². The van der Waals surface area contributed by atoms with E-state index in [4.69, 9.17) is 20.4 Å². The molecule has 5 aromatic carbocycles. The first-order valence-corrected chi connectivity index (χ1v) is 24.8. The fraction of sp³-hybridized carbons (Fsp3) is 0.268. The van der Waals surface area contributed by atoms with E-state index < -0.39 is 28.2 Å². The van der Waals surface area contributed by atoms with Crippen molar-refractivity contribution in [3.8, 4) is 39.5 Å². The van der Waals surface area contributed by atoms with Gasteiger partial charge in [-0.2, -0.15) is 0 Å². The summed E-state index contributed by atoms with van der Waals surface area (Å²) in [6, 6.07) is 38.9. The Morgan fingerprint density at radius 1 is 0.794 bits per heavy atom. The molecule has 7 heteroatoms. The Balaban J connectivity index is 0.000000236. The number of rotatable bonds is 9. The molecule has 0 bridgehead atoms. The maximum absolute atomic E-state index is 8.59. The molecule has 63 heavy (non-hydrogen) atoms. The number of fused-ring (bicyclic) bond motifs is 4. The van der Waals surface area contributed by atoms with Gasteiger partial charge in [0.1, 0.15) is 5.58 Å². The van der Waals surface area contributed by atoms with Gasteiger partial charge in [-0.3, -0.25) is 9.97 Å². The van der Waals surface area contributed by atoms with E-state index in [9.17, 15) is 0 Å². The summed E-state index contributed by atoms with van der Waals surface area (Å²) in [6.45, 7) is 14.6. The first kappa shape index (κ1) is 35.9. The molecular formula is C56H58IrN4OSi-2. The fourth-order valence-corrected chi connectivity index (χ4v) is 9.49. The van der Waals surface area contributed by atoms with Crippen molar-refractivity contribution < 1.29 is 35.5 Å². The third kappa shape index (κ3) is 9.29. The van der Waals surface area contributed by atoms with E-state index in [1.165, 1.54) is 22.8 Å². The van der Waals surface area contributed by atoms with Gasteiger partial charge in [-0.05, 0) is 81.5 Å². The number of pyridine rings is 2. The Kier molecular flexibility index (Phi) is 10.7. The monoisotopic (exact) mass is 1030 g/mol. The first-order chi connectivity index (χ1) is 32.9. The summed E-state index contributed by atoms with van der Waals surface area (Å²) >= 11 is 0. The second-order valence-electron chi connectivity index (χ2n) is 17.8. The molecular weight excluding hydrogens is 965 g/mol. The quantitative estimate of drug-likeness (QED) is 0.107. The number of furan rings is 1. The minimum atomic E-state index is -2.34. The Bertz CT molecular complexity index is 3320. The van der Waals surface area contributed by atoms with Crippen molar-refractivity contribution in [2.45, 2.75) is 93.1 Å². The number of benzene rings is 5. The predicted molar refractivity (Wildman–Crippen MR) is 264 cm³/mol. The second kappa shape index (κ2) is 18.7. The molecule has 0 spiro atoms. The van der Waals surface area contributed by atoms with Crippen molar-refractivity contribution in [2.75, 3.05) is 0 Å². The minimum Gasteiger partial charge on any atom is -0.501 e. The molecule has 4 aromatic heterocycles. The summed E-state index contributed by atoms with van der Waals surface area (Å²) in [6.07, 6.45) is 3.92. The maximum Gasteiger partial charge on any atom is 0.120 e. The molecule has 0 amide bonds. The molecule has 0 unspecified atom stereocenters. The van der Waals surface area contributed by atoms with Crippen LogP contribution in [-0.2, 0) is 26.5 Å². The molecule has 0 saturated carbocycles. The standard InChI is InChI=1S/C37H32N3O.C19H26NSi.Ir/c1-22(2)29-19-26(25-11-7-6-8-12-25)20-30(23(3)4)35(29)40-32-21-38-18-17-31(32)39-37(40)28-16-15-24(5)34-27-13-9-10-14-33(27)41-36(28)34;1-14(2)11-17-12-18(16-9-7-15(3)8-10-16)20-13-19(17)21(4,5)6;/h6-15,17-23H,1-5H3;7-9,12-14H,11H2,1-6H3;/q2*-1;/i5D3;3D3,11D2;. The van der Waals surface area contributed by atoms with Crippen LogP contribution in [0.3, 0.4) is 0 Å². The van der Waals surface area contributed by atoms with Gasteiger partial charge in [0.15, 0.2) is 0 Å². The van der Waals surface area contributed by atoms with E-state index in [1.54, 1.807) is 30.6 Å². The van der Waals surface area contributed by atoms with E-state index in [-0.39, 0.29) is 49.0 Å². The Labute approximate surface area is 399 Å². The van der Waals surface area contributed by atoms with Crippen LogP contribution < -0.4 is 5.19 Å². The van der Waals surface area contributed by atoms with E-state index in [0.717, 1.165) is 32.9 Å². The van der Waals surface area contributed by atoms with Gasteiger partial charge in [0.05, 0.1) is 36.7 Å². The SMILES string of the molecule is [2H]C([2H])([2H])c1c[c-]c(-c2cc(C([2H])([2H])C(C)C)c([Si](C)(C)C)cn2)cc1.[2H]C([2H])([2H])c1c[c-]c(-c2nc3ccncc3n2-c2c(C(C)C)cc(-c3ccccc3)cc2C(C)C)c2oc3ccccc3c12.[Ir]. The zero-order chi connectivity index (χ0) is 50.7. The topological polar surface area (TPSA) is 56.7 Å². The summed E-state index contributed by atoms with van der Waals surface area (Å²) in [5.41, 5.74) is 11.5. The zero-order valence-electron chi connectivity index (χ0n) is 45.3. The van der Waals surface area contributed by atoms with E-state index in [2.05, 4.69) is 110 Å². The first-order valence-electron chi connectivity index (χ1n) is 25.3. The molecule has 323 valence electrons. The van der Waals surface area contributed by atoms with Gasteiger partial charge in [-0.25, -0.2) is 0 Å². The number of aryl methyl sites for hydroxylation is 2. The van der Waals surface area contributed by atoms with Crippen molar-refractivity contribution in [1.82, 2.24) is 19.5 Å². The molecule has 1 radical (unpaired) electrons. The zero-order valence-corrected chi connectivity index (χ0v) is 40.7. The molecule has 0 aliphatic carbocycles. The fourth-order valence-electron chi connectivity index (χ4n) is 8.09. The van der Waals surface area contributed by atoms with Crippen LogP contribution in [0.15, 0.2) is 126 Å². The largest absolute Gasteiger partial charge is 0.501 e. The number of aromatic nitrogens is 4. The average molecular weight is 1030 g/mol. The number of imidazole rings is 1. The molecule has 0 atom stereocenters. The molecule has 0 aliphatic heterocycles. The van der Waals surface area contributed by atoms with Gasteiger partial charge in [0.2, 0.25) is 0 Å². The van der Waals surface area contributed by atoms with Gasteiger partial charge in [0.25, 0.3) is 0 Å². The van der Waals surface area contributed by atoms with Crippen LogP contribution in [0.4, 0.5) is 0 Å². The summed E-state index contributed by atoms with van der Waals surface area (Å²) < 4.78 is 73.1. The third-order valence-corrected chi connectivity index (χ3v) is 13.1. The number of hydrogen-bond donors (Lipinski definition) is 0. The summed E-state index contributed by atoms with van der Waals surface area (Å²) in [4.78, 5) is 14.2. The van der Waals surface area contributed by atoms with Crippen LogP contribution in [0.2, 0.25) is 19.6 Å². The number of hydrogen-bond acceptors (Lipinski definition) is 4. The maximum atomic E-state index is 8.59. The van der Waals surface area contributed by atoms with Crippen molar-refractivity contribution in [2.24, 2.45) is 5.92 Å². The van der Waals surface area contributed by atoms with Crippen molar-refractivity contribution in [3.63, 3.8) is 0 Å². The van der Waals surface area contributed by atoms with Crippen molar-refractivity contribution in [3.05, 3.63) is 162 Å². The minimum absolute atomic E-state index is 0. The smallest absolute Gasteiger partial charge is 0.120 e. The Morgan fingerprint density at radius 2 is 1.52 bits per heavy atom. The normalized spacial score (nSPS) is 14.3. The molecule has 0 fully saturated rings. The van der Waals surface area contributed by atoms with E-state index in [0.29, 0.717) is 44.8 Å². The van der Waals surface area contributed by atoms with E-state index >= 15 is 0 Å². The van der Waals surface area contributed by atoms with Gasteiger partial charge in [-0.15, -0.1) is 53.1 Å². The molecule has 4 heterocycles. The van der Waals surface area contributed by atoms with Gasteiger partial charge in [0, 0.05) is 54.5 Å². The van der Waals surface area contributed by atoms with Crippen LogP contribution in [0.1, 0.15) is 92.2 Å². The molecule has 9 aromatic rings. The molecule has 5 nitrogen and oxygen atoms in total. The van der Waals surface area contributed by atoms with Crippen molar-refractivity contribution in [1.29, 1.82) is 0 Å². The molecule has 0 saturated heterocycles. The van der Waals surface area contributed by atoms with Crippen LogP contribution in [0, 0.1) is 31.8 Å². The summed E-state index contributed by atoms with van der Waals surface area (Å²) in [5, 5.41) is 2.34.